The normalized spacial score (nSPS) is 11.0. The van der Waals surface area contributed by atoms with Crippen molar-refractivity contribution in [2.24, 2.45) is 0 Å². The molecule has 2 aromatic heterocycles. The van der Waals surface area contributed by atoms with Crippen molar-refractivity contribution in [3.05, 3.63) is 105 Å². The van der Waals surface area contributed by atoms with E-state index in [-0.39, 0.29) is 17.2 Å². The van der Waals surface area contributed by atoms with Crippen LogP contribution in [-0.2, 0) is 4.79 Å². The second-order valence-corrected chi connectivity index (χ2v) is 10.1. The summed E-state index contributed by atoms with van der Waals surface area (Å²) in [5, 5.41) is 6.29. The Morgan fingerprint density at radius 1 is 1.03 bits per heavy atom. The van der Waals surface area contributed by atoms with Crippen LogP contribution in [0, 0.1) is 6.92 Å². The molecule has 8 heteroatoms. The summed E-state index contributed by atoms with van der Waals surface area (Å²) in [6.07, 6.45) is 0. The lowest BCUT2D eigenvalue weighted by Crippen LogP contribution is -2.22. The van der Waals surface area contributed by atoms with Gasteiger partial charge in [-0.15, -0.1) is 11.3 Å². The monoisotopic (exact) mass is 517 g/mol. The second-order valence-electron chi connectivity index (χ2n) is 7.88. The number of aryl methyl sites for hydroxylation is 1. The maximum Gasteiger partial charge on any atom is 0.268 e. The van der Waals surface area contributed by atoms with Crippen LogP contribution in [0.15, 0.2) is 94.2 Å². The van der Waals surface area contributed by atoms with Gasteiger partial charge in [0.25, 0.3) is 5.56 Å². The number of anilines is 1. The summed E-state index contributed by atoms with van der Waals surface area (Å²) < 4.78 is 1.58. The number of aromatic nitrogens is 2. The first-order chi connectivity index (χ1) is 17.0. The van der Waals surface area contributed by atoms with Crippen molar-refractivity contribution in [2.45, 2.75) is 12.1 Å². The minimum atomic E-state index is -0.233. The zero-order valence-electron chi connectivity index (χ0n) is 18.7. The number of amides is 1. The molecule has 1 amide bonds. The zero-order chi connectivity index (χ0) is 24.4. The van der Waals surface area contributed by atoms with Crippen molar-refractivity contribution in [2.75, 3.05) is 11.1 Å². The van der Waals surface area contributed by atoms with Gasteiger partial charge in [0.05, 0.1) is 27.5 Å². The van der Waals surface area contributed by atoms with Gasteiger partial charge in [-0.2, -0.15) is 0 Å². The molecule has 0 saturated heterocycles. The number of nitrogens with zero attached hydrogens (tertiary/aromatic N) is 2. The van der Waals surface area contributed by atoms with Gasteiger partial charge < -0.3 is 5.32 Å². The smallest absolute Gasteiger partial charge is 0.268 e. The molecule has 5 aromatic rings. The number of rotatable bonds is 6. The van der Waals surface area contributed by atoms with Gasteiger partial charge in [0.15, 0.2) is 5.16 Å². The Morgan fingerprint density at radius 3 is 2.49 bits per heavy atom. The highest BCUT2D eigenvalue weighted by atomic mass is 35.5. The van der Waals surface area contributed by atoms with Gasteiger partial charge in [-0.25, -0.2) is 4.98 Å². The zero-order valence-corrected chi connectivity index (χ0v) is 21.1. The van der Waals surface area contributed by atoms with E-state index in [0.717, 1.165) is 16.7 Å². The second kappa shape index (κ2) is 10.1. The standard InChI is InChI=1S/C27H20ClN3O2S2/c1-17-11-13-18(14-12-17)20-15-34-25-24(20)26(33)31(19-7-3-2-4-8-19)27(30-25)35-16-23(32)29-22-10-6-5-9-21(22)28/h2-15H,16H2,1H3,(H,29,32). The lowest BCUT2D eigenvalue weighted by molar-refractivity contribution is -0.113. The van der Waals surface area contributed by atoms with Gasteiger partial charge in [0.1, 0.15) is 4.83 Å². The van der Waals surface area contributed by atoms with E-state index in [4.69, 9.17) is 16.6 Å². The van der Waals surface area contributed by atoms with Crippen LogP contribution >= 0.6 is 34.7 Å². The van der Waals surface area contributed by atoms with Crippen LogP contribution in [0.5, 0.6) is 0 Å². The molecule has 0 bridgehead atoms. The van der Waals surface area contributed by atoms with Crippen LogP contribution in [0.2, 0.25) is 5.02 Å². The molecule has 0 saturated carbocycles. The molecular formula is C27H20ClN3O2S2. The quantitative estimate of drug-likeness (QED) is 0.198. The van der Waals surface area contributed by atoms with E-state index in [0.29, 0.717) is 31.8 Å². The van der Waals surface area contributed by atoms with Crippen LogP contribution in [0.3, 0.4) is 0 Å². The third-order valence-electron chi connectivity index (χ3n) is 5.43. The fourth-order valence-corrected chi connectivity index (χ4v) is 5.68. The Hall–Kier alpha value is -3.39. The average molecular weight is 518 g/mol. The Morgan fingerprint density at radius 2 is 1.74 bits per heavy atom. The Kier molecular flexibility index (Phi) is 6.72. The van der Waals surface area contributed by atoms with Gasteiger partial charge in [-0.05, 0) is 36.8 Å². The third-order valence-corrected chi connectivity index (χ3v) is 7.57. The van der Waals surface area contributed by atoms with Crippen LogP contribution < -0.4 is 10.9 Å². The summed E-state index contributed by atoms with van der Waals surface area (Å²) in [5.74, 6) is -0.157. The molecule has 0 fully saturated rings. The highest BCUT2D eigenvalue weighted by Gasteiger charge is 2.19. The van der Waals surface area contributed by atoms with Gasteiger partial charge >= 0.3 is 0 Å². The first-order valence-electron chi connectivity index (χ1n) is 10.8. The highest BCUT2D eigenvalue weighted by molar-refractivity contribution is 7.99. The molecule has 0 radical (unpaired) electrons. The molecule has 0 spiro atoms. The predicted molar refractivity (Wildman–Crippen MR) is 146 cm³/mol. The summed E-state index contributed by atoms with van der Waals surface area (Å²) >= 11 is 8.80. The summed E-state index contributed by atoms with van der Waals surface area (Å²) in [6, 6.07) is 24.5. The maximum atomic E-state index is 13.9. The minimum absolute atomic E-state index is 0.0756. The number of hydrogen-bond donors (Lipinski definition) is 1. The molecular weight excluding hydrogens is 498 g/mol. The largest absolute Gasteiger partial charge is 0.324 e. The molecule has 0 aliphatic heterocycles. The minimum Gasteiger partial charge on any atom is -0.324 e. The fourth-order valence-electron chi connectivity index (χ4n) is 3.70. The van der Waals surface area contributed by atoms with Crippen molar-refractivity contribution in [1.29, 1.82) is 0 Å². The molecule has 5 rings (SSSR count). The maximum absolute atomic E-state index is 13.9. The number of para-hydroxylation sites is 2. The Labute approximate surface area is 215 Å². The van der Waals surface area contributed by atoms with E-state index >= 15 is 0 Å². The molecule has 0 atom stereocenters. The first-order valence-corrected chi connectivity index (χ1v) is 13.1. The third kappa shape index (κ3) is 4.89. The molecule has 0 unspecified atom stereocenters. The summed E-state index contributed by atoms with van der Waals surface area (Å²) in [4.78, 5) is 32.0. The van der Waals surface area contributed by atoms with Crippen LogP contribution in [0.1, 0.15) is 5.56 Å². The van der Waals surface area contributed by atoms with Gasteiger partial charge in [-0.3, -0.25) is 14.2 Å². The van der Waals surface area contributed by atoms with Crippen molar-refractivity contribution >= 4 is 56.5 Å². The molecule has 0 aliphatic rings. The van der Waals surface area contributed by atoms with Crippen molar-refractivity contribution in [3.63, 3.8) is 0 Å². The van der Waals surface area contributed by atoms with E-state index in [1.807, 2.05) is 66.9 Å². The predicted octanol–water partition coefficient (Wildman–Crippen LogP) is 6.81. The van der Waals surface area contributed by atoms with E-state index < -0.39 is 0 Å². The average Bonchev–Trinajstić information content (AvgIpc) is 3.29. The van der Waals surface area contributed by atoms with Crippen LogP contribution in [0.4, 0.5) is 5.69 Å². The molecule has 0 aliphatic carbocycles. The van der Waals surface area contributed by atoms with Crippen molar-refractivity contribution in [1.82, 2.24) is 9.55 Å². The topological polar surface area (TPSA) is 64.0 Å². The van der Waals surface area contributed by atoms with Gasteiger partial charge in [0, 0.05) is 10.9 Å². The molecule has 2 heterocycles. The van der Waals surface area contributed by atoms with Gasteiger partial charge in [0.2, 0.25) is 5.91 Å². The van der Waals surface area contributed by atoms with Gasteiger partial charge in [-0.1, -0.05) is 83.5 Å². The van der Waals surface area contributed by atoms with E-state index in [1.165, 1.54) is 23.1 Å². The summed E-state index contributed by atoms with van der Waals surface area (Å²) in [6.45, 7) is 2.03. The van der Waals surface area contributed by atoms with Crippen molar-refractivity contribution < 1.29 is 4.79 Å². The van der Waals surface area contributed by atoms with E-state index in [1.54, 1.807) is 28.8 Å². The first kappa shape index (κ1) is 23.4. The van der Waals surface area contributed by atoms with E-state index in [2.05, 4.69) is 5.32 Å². The number of carbonyl (C=O) groups is 1. The Bertz CT molecular complexity index is 1580. The van der Waals surface area contributed by atoms with Crippen molar-refractivity contribution in [3.8, 4) is 16.8 Å². The summed E-state index contributed by atoms with van der Waals surface area (Å²) in [7, 11) is 0. The number of halogens is 1. The van der Waals surface area contributed by atoms with E-state index in [9.17, 15) is 9.59 Å². The number of benzene rings is 3. The molecule has 5 nitrogen and oxygen atoms in total. The number of thioether (sulfide) groups is 1. The number of nitrogens with one attached hydrogen (secondary N) is 1. The van der Waals surface area contributed by atoms with Crippen LogP contribution in [0.25, 0.3) is 27.0 Å². The number of thiophene rings is 1. The lowest BCUT2D eigenvalue weighted by Gasteiger charge is -2.13. The van der Waals surface area contributed by atoms with Crippen LogP contribution in [-0.4, -0.2) is 21.2 Å². The number of hydrogen-bond acceptors (Lipinski definition) is 5. The number of carbonyl (C=O) groups excluding carboxylic acids is 1. The molecule has 1 N–H and O–H groups in total. The Balaban J connectivity index is 1.54. The molecule has 35 heavy (non-hydrogen) atoms. The SMILES string of the molecule is Cc1ccc(-c2csc3nc(SCC(=O)Nc4ccccc4Cl)n(-c4ccccc4)c(=O)c23)cc1. The summed E-state index contributed by atoms with van der Waals surface area (Å²) in [5.41, 5.74) is 4.07. The molecule has 3 aromatic carbocycles. The fraction of sp³-hybridized carbons (Fsp3) is 0.0741. The highest BCUT2D eigenvalue weighted by Crippen LogP contribution is 2.33. The molecule has 174 valence electrons. The number of fused-ring (bicyclic) bond motifs is 1. The lowest BCUT2D eigenvalue weighted by atomic mass is 10.1.